The van der Waals surface area contributed by atoms with Crippen molar-refractivity contribution in [3.63, 3.8) is 0 Å². The van der Waals surface area contributed by atoms with Crippen LogP contribution in [0.3, 0.4) is 0 Å². The number of fused-ring (bicyclic) bond motifs is 2. The van der Waals surface area contributed by atoms with Crippen molar-refractivity contribution in [1.82, 2.24) is 4.72 Å². The lowest BCUT2D eigenvalue weighted by Gasteiger charge is -2.14. The molecule has 0 bridgehead atoms. The molecule has 0 radical (unpaired) electrons. The summed E-state index contributed by atoms with van der Waals surface area (Å²) in [6, 6.07) is 2.32. The Kier molecular flexibility index (Phi) is 4.27. The van der Waals surface area contributed by atoms with Crippen LogP contribution >= 0.6 is 0 Å². The Labute approximate surface area is 137 Å². The minimum Gasteiger partial charge on any atom is -0.274 e. The van der Waals surface area contributed by atoms with Gasteiger partial charge in [0.2, 0.25) is 5.91 Å². The second-order valence-corrected chi connectivity index (χ2v) is 8.45. The van der Waals surface area contributed by atoms with Crippen LogP contribution in [0.25, 0.3) is 0 Å². The number of rotatable bonds is 3. The number of amides is 2. The van der Waals surface area contributed by atoms with Gasteiger partial charge in [0, 0.05) is 13.2 Å². The topological polar surface area (TPSA) is 75.6 Å². The van der Waals surface area contributed by atoms with Gasteiger partial charge < -0.3 is 0 Å². The zero-order valence-electron chi connectivity index (χ0n) is 13.6. The number of hydrogen-bond donors (Lipinski definition) is 1. The molecule has 1 N–H and O–H groups in total. The highest BCUT2D eigenvalue weighted by molar-refractivity contribution is 7.91. The van der Waals surface area contributed by atoms with Crippen LogP contribution in [0.4, 0.5) is 0 Å². The minimum absolute atomic E-state index is 0.190. The normalized spacial score (nSPS) is 18.0. The molecule has 124 valence electrons. The van der Waals surface area contributed by atoms with E-state index in [1.165, 1.54) is 35.4 Å². The number of nitrogens with zero attached hydrogens (tertiary/aromatic N) is 1. The summed E-state index contributed by atoms with van der Waals surface area (Å²) in [6.45, 7) is 1.26. The average molecular weight is 334 g/mol. The number of benzene rings is 1. The van der Waals surface area contributed by atoms with E-state index in [0.717, 1.165) is 44.1 Å². The molecule has 0 saturated heterocycles. The minimum atomic E-state index is -3.00. The summed E-state index contributed by atoms with van der Waals surface area (Å²) in [5.74, 6) is -0.865. The maximum absolute atomic E-state index is 12.3. The molecule has 1 unspecified atom stereocenters. The Morgan fingerprint density at radius 2 is 1.70 bits per heavy atom. The van der Waals surface area contributed by atoms with Crippen LogP contribution in [0.15, 0.2) is 10.4 Å². The van der Waals surface area contributed by atoms with Gasteiger partial charge in [0.1, 0.15) is 9.92 Å². The van der Waals surface area contributed by atoms with E-state index in [0.29, 0.717) is 0 Å². The van der Waals surface area contributed by atoms with E-state index in [4.69, 9.17) is 0 Å². The van der Waals surface area contributed by atoms with E-state index in [9.17, 15) is 13.8 Å². The lowest BCUT2D eigenvalue weighted by atomic mass is 9.92. The Bertz CT molecular complexity index is 772. The summed E-state index contributed by atoms with van der Waals surface area (Å²) in [7, 11) is -3.00. The lowest BCUT2D eigenvalue weighted by Crippen LogP contribution is -2.27. The summed E-state index contributed by atoms with van der Waals surface area (Å²) in [5, 5.41) is 0. The average Bonchev–Trinajstić information content (AvgIpc) is 3.03. The fourth-order valence-corrected chi connectivity index (χ4v) is 4.85. The first-order valence-corrected chi connectivity index (χ1v) is 9.97. The highest BCUT2D eigenvalue weighted by Gasteiger charge is 2.25. The molecule has 0 spiro atoms. The molecule has 0 aliphatic heterocycles. The Morgan fingerprint density at radius 3 is 2.22 bits per heavy atom. The van der Waals surface area contributed by atoms with E-state index in [1.54, 1.807) is 0 Å². The van der Waals surface area contributed by atoms with Crippen LogP contribution < -0.4 is 4.72 Å². The molecule has 2 aliphatic carbocycles. The highest BCUT2D eigenvalue weighted by atomic mass is 32.2. The SMILES string of the molecule is CC(=O)NS(C)(=O)=NC(=O)Cc1c2c(cc3c1CCC3)CCC2. The van der Waals surface area contributed by atoms with Gasteiger partial charge in [-0.1, -0.05) is 6.07 Å². The number of aryl methyl sites for hydroxylation is 2. The first-order valence-electron chi connectivity index (χ1n) is 8.04. The Balaban J connectivity index is 1.92. The smallest absolute Gasteiger partial charge is 0.259 e. The third-order valence-electron chi connectivity index (χ3n) is 4.54. The van der Waals surface area contributed by atoms with Crippen molar-refractivity contribution >= 4 is 21.7 Å². The van der Waals surface area contributed by atoms with Crippen LogP contribution in [0.2, 0.25) is 0 Å². The van der Waals surface area contributed by atoms with Crippen molar-refractivity contribution in [3.05, 3.63) is 33.9 Å². The molecule has 1 aromatic carbocycles. The van der Waals surface area contributed by atoms with Crippen molar-refractivity contribution in [1.29, 1.82) is 0 Å². The summed E-state index contributed by atoms with van der Waals surface area (Å²) in [5.41, 5.74) is 6.45. The largest absolute Gasteiger partial charge is 0.274 e. The van der Waals surface area contributed by atoms with Crippen molar-refractivity contribution in [3.8, 4) is 0 Å². The van der Waals surface area contributed by atoms with Crippen molar-refractivity contribution in [2.24, 2.45) is 4.36 Å². The van der Waals surface area contributed by atoms with Crippen LogP contribution in [0, 0.1) is 0 Å². The van der Waals surface area contributed by atoms with Gasteiger partial charge in [0.05, 0.1) is 6.42 Å². The molecule has 1 aromatic rings. The molecule has 23 heavy (non-hydrogen) atoms. The first kappa shape index (κ1) is 16.2. The molecule has 6 heteroatoms. The maximum atomic E-state index is 12.3. The van der Waals surface area contributed by atoms with E-state index in [2.05, 4.69) is 15.2 Å². The van der Waals surface area contributed by atoms with Gasteiger partial charge in [-0.15, -0.1) is 4.36 Å². The van der Waals surface area contributed by atoms with Gasteiger partial charge in [-0.2, -0.15) is 0 Å². The molecule has 2 amide bonds. The second kappa shape index (κ2) is 6.07. The van der Waals surface area contributed by atoms with Gasteiger partial charge >= 0.3 is 0 Å². The predicted octanol–water partition coefficient (Wildman–Crippen LogP) is 1.88. The lowest BCUT2D eigenvalue weighted by molar-refractivity contribution is -0.117. The van der Waals surface area contributed by atoms with E-state index in [1.807, 2.05) is 0 Å². The predicted molar refractivity (Wildman–Crippen MR) is 89.5 cm³/mol. The van der Waals surface area contributed by atoms with Gasteiger partial charge in [0.15, 0.2) is 0 Å². The standard InChI is InChI=1S/C17H22N2O3S/c1-11(20)18-23(2,22)19-17(21)10-16-14-7-3-5-12(14)9-13-6-4-8-15(13)16/h9H,3-8,10H2,1-2H3,(H,18,19,20,21,22). The number of nitrogens with one attached hydrogen (secondary N) is 1. The fourth-order valence-electron chi connectivity index (χ4n) is 3.82. The molecule has 0 saturated carbocycles. The van der Waals surface area contributed by atoms with Crippen LogP contribution in [-0.2, 0) is 51.6 Å². The summed E-state index contributed by atoms with van der Waals surface area (Å²) in [6.07, 6.45) is 7.92. The molecular formula is C17H22N2O3S. The van der Waals surface area contributed by atoms with Crippen molar-refractivity contribution in [2.75, 3.05) is 6.26 Å². The van der Waals surface area contributed by atoms with E-state index in [-0.39, 0.29) is 6.42 Å². The van der Waals surface area contributed by atoms with Crippen LogP contribution in [0.1, 0.15) is 47.6 Å². The van der Waals surface area contributed by atoms with Crippen molar-refractivity contribution in [2.45, 2.75) is 51.9 Å². The van der Waals surface area contributed by atoms with Crippen LogP contribution in [0.5, 0.6) is 0 Å². The highest BCUT2D eigenvalue weighted by Crippen LogP contribution is 2.35. The molecule has 0 heterocycles. The van der Waals surface area contributed by atoms with Gasteiger partial charge in [-0.25, -0.2) is 4.21 Å². The molecule has 1 atom stereocenters. The van der Waals surface area contributed by atoms with E-state index < -0.39 is 21.7 Å². The monoisotopic (exact) mass is 334 g/mol. The van der Waals surface area contributed by atoms with Crippen LogP contribution in [-0.4, -0.2) is 22.3 Å². The van der Waals surface area contributed by atoms with E-state index >= 15 is 0 Å². The number of carbonyl (C=O) groups is 2. The van der Waals surface area contributed by atoms with Gasteiger partial charge in [-0.05, 0) is 66.3 Å². The number of carbonyl (C=O) groups excluding carboxylic acids is 2. The Morgan fingerprint density at radius 1 is 1.13 bits per heavy atom. The third kappa shape index (κ3) is 3.47. The molecular weight excluding hydrogens is 312 g/mol. The summed E-state index contributed by atoms with van der Waals surface area (Å²) in [4.78, 5) is 23.4. The molecule has 0 aromatic heterocycles. The molecule has 5 nitrogen and oxygen atoms in total. The molecule has 3 rings (SSSR count). The zero-order chi connectivity index (χ0) is 16.6. The summed E-state index contributed by atoms with van der Waals surface area (Å²) < 4.78 is 18.1. The Hall–Kier alpha value is -1.69. The summed E-state index contributed by atoms with van der Waals surface area (Å²) >= 11 is 0. The zero-order valence-corrected chi connectivity index (χ0v) is 14.4. The van der Waals surface area contributed by atoms with Crippen molar-refractivity contribution < 1.29 is 13.8 Å². The van der Waals surface area contributed by atoms with Gasteiger partial charge in [0.25, 0.3) is 5.91 Å². The van der Waals surface area contributed by atoms with Gasteiger partial charge in [-0.3, -0.25) is 14.3 Å². The number of hydrogen-bond acceptors (Lipinski definition) is 3. The quantitative estimate of drug-likeness (QED) is 0.917. The maximum Gasteiger partial charge on any atom is 0.259 e. The fraction of sp³-hybridized carbons (Fsp3) is 0.529. The third-order valence-corrected chi connectivity index (χ3v) is 5.75. The molecule has 0 fully saturated rings. The molecule has 2 aliphatic rings. The second-order valence-electron chi connectivity index (χ2n) is 6.46. The first-order chi connectivity index (χ1) is 10.9.